The topological polar surface area (TPSA) is 41.1 Å². The maximum absolute atomic E-state index is 12.5. The fraction of sp³-hybridized carbons (Fsp3) is 0.533. The largest absolute Gasteiger partial charge is 0.324 e. The summed E-state index contributed by atoms with van der Waals surface area (Å²) in [5, 5.41) is 7.29. The van der Waals surface area contributed by atoms with Gasteiger partial charge in [-0.1, -0.05) is 37.0 Å². The predicted molar refractivity (Wildman–Crippen MR) is 84.5 cm³/mol. The number of halogens is 2. The number of hydrogen-bond donors (Lipinski definition) is 2. The van der Waals surface area contributed by atoms with Crippen LogP contribution in [0.4, 0.5) is 5.69 Å². The third-order valence-corrected chi connectivity index (χ3v) is 4.63. The number of hydrogen-bond acceptors (Lipinski definition) is 2. The molecule has 0 spiro atoms. The molecule has 0 bridgehead atoms. The van der Waals surface area contributed by atoms with Crippen LogP contribution in [0.3, 0.4) is 0 Å². The summed E-state index contributed by atoms with van der Waals surface area (Å²) in [5.41, 5.74) is 0.175. The van der Waals surface area contributed by atoms with Crippen LogP contribution in [0.5, 0.6) is 0 Å². The minimum Gasteiger partial charge on any atom is -0.324 e. The highest BCUT2D eigenvalue weighted by molar-refractivity contribution is 6.36. The molecule has 1 aliphatic rings. The molecular weight excluding hydrogens is 295 g/mol. The first-order chi connectivity index (χ1) is 9.41. The van der Waals surface area contributed by atoms with Crippen LogP contribution >= 0.6 is 23.2 Å². The third-order valence-electron chi connectivity index (χ3n) is 4.08. The van der Waals surface area contributed by atoms with E-state index in [1.54, 1.807) is 18.2 Å². The van der Waals surface area contributed by atoms with E-state index in [1.165, 1.54) is 0 Å². The van der Waals surface area contributed by atoms with Gasteiger partial charge >= 0.3 is 0 Å². The fourth-order valence-electron chi connectivity index (χ4n) is 2.53. The third kappa shape index (κ3) is 3.46. The first-order valence-electron chi connectivity index (χ1n) is 6.88. The molecular formula is C15H20Cl2N2O. The second kappa shape index (κ2) is 6.33. The number of carbonyl (C=O) groups excluding carboxylic acids is 1. The van der Waals surface area contributed by atoms with E-state index in [1.807, 2.05) is 13.8 Å². The number of nitrogens with one attached hydrogen (secondary N) is 2. The minimum absolute atomic E-state index is 0.00424. The summed E-state index contributed by atoms with van der Waals surface area (Å²) in [7, 11) is 0. The van der Waals surface area contributed by atoms with Gasteiger partial charge < -0.3 is 10.6 Å². The molecule has 1 unspecified atom stereocenters. The van der Waals surface area contributed by atoms with E-state index in [4.69, 9.17) is 23.2 Å². The lowest BCUT2D eigenvalue weighted by Crippen LogP contribution is -2.44. The highest BCUT2D eigenvalue weighted by atomic mass is 35.5. The van der Waals surface area contributed by atoms with E-state index in [-0.39, 0.29) is 5.91 Å². The Labute approximate surface area is 130 Å². The molecule has 0 saturated carbocycles. The lowest BCUT2D eigenvalue weighted by Gasteiger charge is -2.36. The van der Waals surface area contributed by atoms with Gasteiger partial charge in [-0.25, -0.2) is 0 Å². The van der Waals surface area contributed by atoms with E-state index in [0.29, 0.717) is 21.7 Å². The van der Waals surface area contributed by atoms with E-state index in [9.17, 15) is 4.79 Å². The molecule has 1 atom stereocenters. The average Bonchev–Trinajstić information content (AvgIpc) is 2.42. The van der Waals surface area contributed by atoms with Crippen molar-refractivity contribution in [2.45, 2.75) is 26.7 Å². The molecule has 1 aromatic carbocycles. The van der Waals surface area contributed by atoms with Gasteiger partial charge in [-0.15, -0.1) is 0 Å². The van der Waals surface area contributed by atoms with Crippen LogP contribution in [-0.4, -0.2) is 19.0 Å². The zero-order valence-corrected chi connectivity index (χ0v) is 13.3. The predicted octanol–water partition coefficient (Wildman–Crippen LogP) is 3.96. The van der Waals surface area contributed by atoms with Gasteiger partial charge in [-0.05, 0) is 50.0 Å². The van der Waals surface area contributed by atoms with E-state index in [0.717, 1.165) is 25.9 Å². The molecule has 1 aromatic rings. The van der Waals surface area contributed by atoms with E-state index < -0.39 is 5.41 Å². The normalized spacial score (nSPS) is 19.7. The molecule has 1 aliphatic heterocycles. The summed E-state index contributed by atoms with van der Waals surface area (Å²) in [6.45, 7) is 5.90. The molecule has 0 aromatic heterocycles. The summed E-state index contributed by atoms with van der Waals surface area (Å²) in [4.78, 5) is 12.5. The number of piperidine rings is 1. The van der Waals surface area contributed by atoms with Crippen molar-refractivity contribution in [3.63, 3.8) is 0 Å². The molecule has 2 N–H and O–H groups in total. The van der Waals surface area contributed by atoms with Crippen LogP contribution in [0.2, 0.25) is 10.0 Å². The Balaban J connectivity index is 2.09. The number of carbonyl (C=O) groups is 1. The van der Waals surface area contributed by atoms with E-state index in [2.05, 4.69) is 10.6 Å². The van der Waals surface area contributed by atoms with E-state index >= 15 is 0 Å². The molecule has 3 nitrogen and oxygen atoms in total. The fourth-order valence-corrected chi connectivity index (χ4v) is 2.98. The molecule has 1 amide bonds. The zero-order valence-electron chi connectivity index (χ0n) is 11.8. The summed E-state index contributed by atoms with van der Waals surface area (Å²) in [6, 6.07) is 5.09. The van der Waals surface area contributed by atoms with Crippen molar-refractivity contribution in [2.24, 2.45) is 11.3 Å². The maximum Gasteiger partial charge on any atom is 0.230 e. The SMILES string of the molecule is CC(C)(C(=O)Nc1ccc(Cl)cc1Cl)C1CCCNC1. The number of amides is 1. The first kappa shape index (κ1) is 15.6. The van der Waals surface area contributed by atoms with Gasteiger partial charge in [-0.2, -0.15) is 0 Å². The Bertz CT molecular complexity index is 497. The van der Waals surface area contributed by atoms with Gasteiger partial charge in [0.05, 0.1) is 10.7 Å². The van der Waals surface area contributed by atoms with Gasteiger partial charge in [0, 0.05) is 10.4 Å². The maximum atomic E-state index is 12.5. The smallest absolute Gasteiger partial charge is 0.230 e. The summed E-state index contributed by atoms with van der Waals surface area (Å²) in [5.74, 6) is 0.331. The summed E-state index contributed by atoms with van der Waals surface area (Å²) in [6.07, 6.45) is 2.19. The standard InChI is InChI=1S/C15H20Cl2N2O/c1-15(2,10-4-3-7-18-9-10)14(20)19-13-6-5-11(16)8-12(13)17/h5-6,8,10,18H,3-4,7,9H2,1-2H3,(H,19,20). The molecule has 110 valence electrons. The van der Waals surface area contributed by atoms with Crippen molar-refractivity contribution < 1.29 is 4.79 Å². The van der Waals surface area contributed by atoms with Crippen LogP contribution in [0.25, 0.3) is 0 Å². The molecule has 1 saturated heterocycles. The molecule has 0 aliphatic carbocycles. The van der Waals surface area contributed by atoms with Gasteiger partial charge in [0.25, 0.3) is 0 Å². The average molecular weight is 315 g/mol. The number of anilines is 1. The number of rotatable bonds is 3. The second-order valence-electron chi connectivity index (χ2n) is 5.84. The highest BCUT2D eigenvalue weighted by Crippen LogP contribution is 2.34. The van der Waals surface area contributed by atoms with Crippen LogP contribution in [0.1, 0.15) is 26.7 Å². The molecule has 1 fully saturated rings. The van der Waals surface area contributed by atoms with Crippen molar-refractivity contribution in [1.82, 2.24) is 5.32 Å². The molecule has 20 heavy (non-hydrogen) atoms. The Morgan fingerprint density at radius 2 is 2.15 bits per heavy atom. The van der Waals surface area contributed by atoms with Crippen LogP contribution in [-0.2, 0) is 4.79 Å². The Kier molecular flexibility index (Phi) is 4.95. The molecule has 5 heteroatoms. The lowest BCUT2D eigenvalue weighted by atomic mass is 9.74. The minimum atomic E-state index is -0.434. The van der Waals surface area contributed by atoms with Gasteiger partial charge in [0.1, 0.15) is 0 Å². The van der Waals surface area contributed by atoms with Crippen molar-refractivity contribution in [1.29, 1.82) is 0 Å². The summed E-state index contributed by atoms with van der Waals surface area (Å²) >= 11 is 12.0. The van der Waals surface area contributed by atoms with Crippen molar-refractivity contribution in [3.05, 3.63) is 28.2 Å². The Hall–Kier alpha value is -0.770. The first-order valence-corrected chi connectivity index (χ1v) is 7.64. The van der Waals surface area contributed by atoms with Crippen molar-refractivity contribution in [3.8, 4) is 0 Å². The second-order valence-corrected chi connectivity index (χ2v) is 6.69. The van der Waals surface area contributed by atoms with Crippen LogP contribution in [0.15, 0.2) is 18.2 Å². The van der Waals surface area contributed by atoms with Crippen LogP contribution < -0.4 is 10.6 Å². The van der Waals surface area contributed by atoms with Gasteiger partial charge in [0.15, 0.2) is 0 Å². The number of benzene rings is 1. The highest BCUT2D eigenvalue weighted by Gasteiger charge is 2.37. The van der Waals surface area contributed by atoms with Crippen LogP contribution in [0, 0.1) is 11.3 Å². The van der Waals surface area contributed by atoms with Crippen molar-refractivity contribution in [2.75, 3.05) is 18.4 Å². The molecule has 0 radical (unpaired) electrons. The Morgan fingerprint density at radius 3 is 2.75 bits per heavy atom. The Morgan fingerprint density at radius 1 is 1.40 bits per heavy atom. The van der Waals surface area contributed by atoms with Gasteiger partial charge in [0.2, 0.25) is 5.91 Å². The quantitative estimate of drug-likeness (QED) is 0.886. The lowest BCUT2D eigenvalue weighted by molar-refractivity contribution is -0.127. The molecule has 2 rings (SSSR count). The zero-order chi connectivity index (χ0) is 14.8. The monoisotopic (exact) mass is 314 g/mol. The summed E-state index contributed by atoms with van der Waals surface area (Å²) < 4.78 is 0. The molecule has 1 heterocycles. The van der Waals surface area contributed by atoms with Crippen molar-refractivity contribution >= 4 is 34.8 Å². The van der Waals surface area contributed by atoms with Gasteiger partial charge in [-0.3, -0.25) is 4.79 Å².